The van der Waals surface area contributed by atoms with Crippen molar-refractivity contribution in [2.75, 3.05) is 109 Å². The van der Waals surface area contributed by atoms with E-state index >= 15 is 0 Å². The van der Waals surface area contributed by atoms with E-state index in [1.165, 1.54) is 40.4 Å². The predicted molar refractivity (Wildman–Crippen MR) is 471 cm³/mol. The average molecular weight is 1720 g/mol. The Bertz CT molecular complexity index is 5880. The van der Waals surface area contributed by atoms with Crippen LogP contribution >= 0.6 is 0 Å². The molecule has 0 bridgehead atoms. The number of methoxy groups -OCH3 is 8. The number of rotatable bonds is 28. The standard InChI is InChI=1S/4C24H38N2O4/c4*1-14(2)9-17-13-26-8-7-16-10-21(28-5)22(29-6)11-18(16)19(26)12-20(17)30-24(27)23(25)15(3)4/h4*10-11,14-15,17,19-20,23H,7-9,12-13,25H2,1-6H3/t4*17?,19?,20?,23-/m0000/s1/i1D3,5D3,9D2,10D,11D,14D,20D;1D3,5D3,9D2,10D,11D,14D,19D;2*1D3,9D2,10D,11D,14D,19D/t4*14?,17?,19?,20?,23-. The van der Waals surface area contributed by atoms with E-state index in [-0.39, 0.29) is 219 Å². The highest BCUT2D eigenvalue weighted by Gasteiger charge is 2.47. The molecule has 12 rings (SSSR count). The van der Waals surface area contributed by atoms with Crippen molar-refractivity contribution in [2.24, 2.45) is 93.9 Å². The van der Waals surface area contributed by atoms with Crippen LogP contribution in [0.4, 0.5) is 0 Å². The molecule has 4 aromatic rings. The van der Waals surface area contributed by atoms with Crippen molar-refractivity contribution in [3.8, 4) is 46.0 Å². The normalized spacial score (nSPS) is 35.5. The lowest BCUT2D eigenvalue weighted by Gasteiger charge is -2.47. The topological polar surface area (TPSA) is 296 Å². The number of nitrogens with two attached hydrogens (primary N) is 4. The van der Waals surface area contributed by atoms with Gasteiger partial charge in [0.2, 0.25) is 0 Å². The smallest absolute Gasteiger partial charge is 0.323 e. The zero-order valence-corrected chi connectivity index (χ0v) is 72.2. The predicted octanol–water partition coefficient (Wildman–Crippen LogP) is 14.3. The first kappa shape index (κ1) is 53.2. The van der Waals surface area contributed by atoms with Gasteiger partial charge >= 0.3 is 23.9 Å². The van der Waals surface area contributed by atoms with Crippen molar-refractivity contribution in [2.45, 2.75) is 260 Å². The fraction of sp³-hybridized carbons (Fsp3) is 0.708. The molecule has 8 heterocycles. The largest absolute Gasteiger partial charge is 0.493 e. The van der Waals surface area contributed by atoms with Crippen LogP contribution in [0.2, 0.25) is 0 Å². The molecule has 0 radical (unpaired) electrons. The maximum absolute atomic E-state index is 13.1. The highest BCUT2D eigenvalue weighted by Crippen LogP contribution is 2.50. The van der Waals surface area contributed by atoms with E-state index in [0.717, 1.165) is 34.8 Å². The molecule has 0 aromatic heterocycles. The zero-order valence-electron chi connectivity index (χ0n) is 114. The van der Waals surface area contributed by atoms with Gasteiger partial charge in [-0.05, 0) is 191 Å². The fourth-order valence-electron chi connectivity index (χ4n) is 15.6. The molecule has 0 amide bonds. The third-order valence-electron chi connectivity index (χ3n) is 22.4. The van der Waals surface area contributed by atoms with Crippen molar-refractivity contribution in [3.05, 3.63) is 92.8 Å². The summed E-state index contributed by atoms with van der Waals surface area (Å²) < 4.78 is 417. The molecule has 4 fully saturated rings. The van der Waals surface area contributed by atoms with Gasteiger partial charge in [0.1, 0.15) is 48.6 Å². The minimum atomic E-state index is -3.10. The summed E-state index contributed by atoms with van der Waals surface area (Å²) in [6.45, 7) is 4.75. The number of hydrogen-bond acceptors (Lipinski definition) is 24. The third-order valence-corrected chi connectivity index (χ3v) is 22.4. The maximum Gasteiger partial charge on any atom is 0.323 e. The highest BCUT2D eigenvalue weighted by atomic mass is 16.6. The Hall–Kier alpha value is -7.16. The molecule has 0 saturated carbocycles. The summed E-state index contributed by atoms with van der Waals surface area (Å²) in [6.07, 6.45) is -18.5. The van der Waals surface area contributed by atoms with Gasteiger partial charge in [-0.3, -0.25) is 38.8 Å². The molecule has 4 aromatic carbocycles. The van der Waals surface area contributed by atoms with Crippen LogP contribution in [-0.2, 0) is 63.8 Å². The second-order valence-electron chi connectivity index (χ2n) is 32.4. The molecule has 8 N–H and O–H groups in total. The summed E-state index contributed by atoms with van der Waals surface area (Å²) in [5.41, 5.74) is 25.7. The molecule has 24 heteroatoms. The van der Waals surface area contributed by atoms with E-state index in [1.54, 1.807) is 70.1 Å². The molecule has 8 aliphatic rings. The van der Waals surface area contributed by atoms with Crippen LogP contribution in [-0.4, -0.2) is 201 Å². The molecule has 4 saturated heterocycles. The van der Waals surface area contributed by atoms with Gasteiger partial charge in [-0.25, -0.2) is 0 Å². The Kier molecular flexibility index (Phi) is 19.5. The number of esters is 4. The van der Waals surface area contributed by atoms with E-state index in [2.05, 4.69) is 0 Å². The van der Waals surface area contributed by atoms with Crippen LogP contribution in [0.15, 0.2) is 48.3 Å². The SMILES string of the molecule is [2H]c1c2c(c([2H])c(OC)c1OC([2H])([2H])[2H])C1([2H])CC(OC(=O)[C@@H](N)C(C)C)C(C([2H])([2H])C([2H])(C)C([2H])([2H])[2H])CN1CC2.[2H]c1c2c(c([2H])c(OC)c1OC([2H])([2H])[2H])C1CC([2H])(OC(=O)[C@@H](N)C(C)C)C(C([2H])([2H])C([2H])(C)C([2H])([2H])[2H])CN1CC2.[2H]c1c2c(c([2H])c(OC)c1OC)C1([2H])CC(OC(=O)[C@@H](N)C(C)C)C(C([2H])([2H])C([2H])(C)C([2H])([2H])[2H])CN1CC2.[2H]c1c2c(c([2H])c(OC)c1OC)C1([2H])CC(OC(=O)[C@@H](N)C(C)C)C(C([2H])([2H])C([2H])(C)C([2H])([2H])[2H])CN1CC2. The second kappa shape index (κ2) is 43.9. The van der Waals surface area contributed by atoms with Gasteiger partial charge in [0, 0.05) is 159 Å². The fourth-order valence-corrected chi connectivity index (χ4v) is 15.6. The van der Waals surface area contributed by atoms with Crippen molar-refractivity contribution in [1.29, 1.82) is 0 Å². The van der Waals surface area contributed by atoms with Gasteiger partial charge in [0.05, 0.1) is 81.4 Å². The monoisotopic (exact) mass is 1720 g/mol. The number of benzene rings is 4. The number of fused-ring (bicyclic) bond motifs is 12. The molecule has 8 aliphatic heterocycles. The van der Waals surface area contributed by atoms with E-state index in [4.69, 9.17) is 132 Å². The Morgan fingerprint density at radius 2 is 0.625 bits per heavy atom. The molecule has 16 unspecified atom stereocenters. The Morgan fingerprint density at radius 1 is 0.375 bits per heavy atom. The van der Waals surface area contributed by atoms with Gasteiger partial charge in [0.15, 0.2) is 46.0 Å². The maximum atomic E-state index is 13.1. The van der Waals surface area contributed by atoms with Crippen molar-refractivity contribution >= 4 is 23.9 Å². The molecule has 0 aliphatic carbocycles. The van der Waals surface area contributed by atoms with Crippen molar-refractivity contribution in [1.82, 2.24) is 19.6 Å². The number of piperidine rings is 4. The van der Waals surface area contributed by atoms with Crippen LogP contribution in [0, 0.1) is 70.9 Å². The summed E-state index contributed by atoms with van der Waals surface area (Å²) in [5, 5.41) is 0. The number of hydrogen-bond donors (Lipinski definition) is 4. The van der Waals surface area contributed by atoms with E-state index in [9.17, 15) is 24.7 Å². The highest BCUT2D eigenvalue weighted by molar-refractivity contribution is 5.77. The molecule has 20 atom stereocenters. The van der Waals surface area contributed by atoms with Gasteiger partial charge in [-0.15, -0.1) is 0 Å². The molecule has 672 valence electrons. The number of ether oxygens (including phenoxy) is 12. The minimum absolute atomic E-state index is 0.0221. The van der Waals surface area contributed by atoms with Gasteiger partial charge in [0.25, 0.3) is 0 Å². The van der Waals surface area contributed by atoms with E-state index in [1.807, 2.05) is 0 Å². The average Bonchev–Trinajstić information content (AvgIpc) is 0.722. The Balaban J connectivity index is 0.000000238. The van der Waals surface area contributed by atoms with Crippen LogP contribution in [0.1, 0.15) is 288 Å². The first-order chi connectivity index (χ1) is 73.4. The summed E-state index contributed by atoms with van der Waals surface area (Å²) in [4.78, 5) is 58.4. The summed E-state index contributed by atoms with van der Waals surface area (Å²) in [5.74, 6) is -22.5. The zero-order chi connectivity index (χ0) is 125. The van der Waals surface area contributed by atoms with Crippen LogP contribution in [0.5, 0.6) is 46.0 Å². The van der Waals surface area contributed by atoms with Crippen LogP contribution < -0.4 is 60.8 Å². The molecule has 120 heavy (non-hydrogen) atoms. The second-order valence-corrected chi connectivity index (χ2v) is 32.4. The van der Waals surface area contributed by atoms with Crippen LogP contribution in [0.25, 0.3) is 0 Å². The Labute approximate surface area is 777 Å². The first-order valence-electron chi connectivity index (χ1n) is 61.5. The van der Waals surface area contributed by atoms with Crippen molar-refractivity contribution < 1.29 is 134 Å². The number of carbonyl (C=O) groups excluding carboxylic acids is 4. The summed E-state index contributed by atoms with van der Waals surface area (Å²) in [7, 11) is 1.83. The van der Waals surface area contributed by atoms with Gasteiger partial charge < -0.3 is 79.8 Å². The number of nitrogens with zero attached hydrogens (tertiary/aromatic N) is 4. The summed E-state index contributed by atoms with van der Waals surface area (Å²) in [6, 6.07) is -12.5. The van der Waals surface area contributed by atoms with E-state index < -0.39 is 247 Å². The van der Waals surface area contributed by atoms with E-state index in [0.29, 0.717) is 11.1 Å². The third kappa shape index (κ3) is 23.8. The van der Waals surface area contributed by atoms with Gasteiger partial charge in [-0.1, -0.05) is 110 Å². The van der Waals surface area contributed by atoms with Crippen molar-refractivity contribution in [3.63, 3.8) is 0 Å². The quantitative estimate of drug-likeness (QED) is 0.0303. The molecule has 24 nitrogen and oxygen atoms in total. The number of carbonyl (C=O) groups is 4. The molecular weight excluding hydrogens is 1520 g/mol. The van der Waals surface area contributed by atoms with Gasteiger partial charge in [-0.2, -0.15) is 0 Å². The lowest BCUT2D eigenvalue weighted by molar-refractivity contribution is -0.161. The molecular formula is C96H152N8O16. The minimum Gasteiger partial charge on any atom is -0.493 e. The lowest BCUT2D eigenvalue weighted by atomic mass is 9.79. The Morgan fingerprint density at radius 3 is 0.908 bits per heavy atom. The lowest BCUT2D eigenvalue weighted by Crippen LogP contribution is -2.51. The summed E-state index contributed by atoms with van der Waals surface area (Å²) >= 11 is 0. The molecule has 0 spiro atoms. The van der Waals surface area contributed by atoms with Crippen LogP contribution in [0.3, 0.4) is 0 Å². The first-order valence-corrected chi connectivity index (χ1v) is 40.5.